The predicted octanol–water partition coefficient (Wildman–Crippen LogP) is 2.75. The summed E-state index contributed by atoms with van der Waals surface area (Å²) in [6, 6.07) is 1.90. The summed E-state index contributed by atoms with van der Waals surface area (Å²) in [5.74, 6) is 1.50. The van der Waals surface area contributed by atoms with Crippen LogP contribution in [0.2, 0.25) is 0 Å². The number of aromatic nitrogens is 2. The normalized spacial score (nSPS) is 10.3. The molecule has 0 amide bonds. The fourth-order valence-corrected chi connectivity index (χ4v) is 1.58. The van der Waals surface area contributed by atoms with Crippen molar-refractivity contribution in [2.24, 2.45) is 0 Å². The van der Waals surface area contributed by atoms with Crippen molar-refractivity contribution in [3.8, 4) is 0 Å². The molecular formula is C10H10BrN3O. The van der Waals surface area contributed by atoms with Crippen molar-refractivity contribution < 1.29 is 4.42 Å². The molecule has 0 bridgehead atoms. The standard InChI is InChI=1S/C10H10BrN3O/c1-7-13-4-8(15-7)5-14-10-2-3-12-6-9(10)11/h2-4,6H,5H2,1H3,(H,12,14). The number of anilines is 1. The number of nitrogens with zero attached hydrogens (tertiary/aromatic N) is 2. The van der Waals surface area contributed by atoms with Crippen LogP contribution >= 0.6 is 15.9 Å². The van der Waals surface area contributed by atoms with Gasteiger partial charge in [-0.05, 0) is 22.0 Å². The number of hydrogen-bond acceptors (Lipinski definition) is 4. The van der Waals surface area contributed by atoms with Gasteiger partial charge in [-0.25, -0.2) is 4.98 Å². The van der Waals surface area contributed by atoms with Crippen LogP contribution in [0.3, 0.4) is 0 Å². The molecule has 2 heterocycles. The Labute approximate surface area is 95.9 Å². The number of pyridine rings is 1. The van der Waals surface area contributed by atoms with Crippen molar-refractivity contribution in [3.05, 3.63) is 40.8 Å². The fourth-order valence-electron chi connectivity index (χ4n) is 1.19. The SMILES string of the molecule is Cc1ncc(CNc2ccncc2Br)o1. The zero-order valence-electron chi connectivity index (χ0n) is 8.20. The molecule has 0 aliphatic heterocycles. The third kappa shape index (κ3) is 2.56. The van der Waals surface area contributed by atoms with Gasteiger partial charge in [0.05, 0.1) is 22.9 Å². The van der Waals surface area contributed by atoms with Crippen LogP contribution in [0.1, 0.15) is 11.7 Å². The summed E-state index contributed by atoms with van der Waals surface area (Å²) in [7, 11) is 0. The van der Waals surface area contributed by atoms with Crippen molar-refractivity contribution in [1.82, 2.24) is 9.97 Å². The Hall–Kier alpha value is -1.36. The van der Waals surface area contributed by atoms with Gasteiger partial charge in [0.15, 0.2) is 5.89 Å². The number of nitrogens with one attached hydrogen (secondary N) is 1. The predicted molar refractivity (Wildman–Crippen MR) is 60.5 cm³/mol. The quantitative estimate of drug-likeness (QED) is 0.929. The van der Waals surface area contributed by atoms with Crippen molar-refractivity contribution in [2.45, 2.75) is 13.5 Å². The third-order valence-corrected chi connectivity index (χ3v) is 2.53. The summed E-state index contributed by atoms with van der Waals surface area (Å²) >= 11 is 3.40. The molecule has 0 radical (unpaired) electrons. The Morgan fingerprint density at radius 3 is 3.00 bits per heavy atom. The average molecular weight is 268 g/mol. The Morgan fingerprint density at radius 1 is 1.47 bits per heavy atom. The van der Waals surface area contributed by atoms with Crippen molar-refractivity contribution in [2.75, 3.05) is 5.32 Å². The monoisotopic (exact) mass is 267 g/mol. The van der Waals surface area contributed by atoms with E-state index in [9.17, 15) is 0 Å². The molecule has 5 heteroatoms. The molecule has 2 rings (SSSR count). The smallest absolute Gasteiger partial charge is 0.191 e. The third-order valence-electron chi connectivity index (χ3n) is 1.89. The van der Waals surface area contributed by atoms with E-state index in [0.717, 1.165) is 15.9 Å². The molecule has 0 unspecified atom stereocenters. The molecule has 4 nitrogen and oxygen atoms in total. The summed E-state index contributed by atoms with van der Waals surface area (Å²) < 4.78 is 6.27. The van der Waals surface area contributed by atoms with Crippen LogP contribution in [-0.4, -0.2) is 9.97 Å². The minimum absolute atomic E-state index is 0.615. The summed E-state index contributed by atoms with van der Waals surface area (Å²) in [5, 5.41) is 3.22. The summed E-state index contributed by atoms with van der Waals surface area (Å²) in [4.78, 5) is 8.00. The van der Waals surface area contributed by atoms with Crippen LogP contribution < -0.4 is 5.32 Å². The number of halogens is 1. The summed E-state index contributed by atoms with van der Waals surface area (Å²) in [6.45, 7) is 2.44. The second-order valence-electron chi connectivity index (χ2n) is 3.05. The van der Waals surface area contributed by atoms with Crippen molar-refractivity contribution >= 4 is 21.6 Å². The highest BCUT2D eigenvalue weighted by molar-refractivity contribution is 9.10. The first kappa shape index (κ1) is 10.2. The second kappa shape index (κ2) is 4.44. The minimum atomic E-state index is 0.615. The molecule has 2 aromatic heterocycles. The van der Waals surface area contributed by atoms with E-state index in [1.54, 1.807) is 18.6 Å². The summed E-state index contributed by atoms with van der Waals surface area (Å²) in [6.07, 6.45) is 5.20. The number of oxazole rings is 1. The zero-order valence-corrected chi connectivity index (χ0v) is 9.78. The first-order chi connectivity index (χ1) is 7.25. The van der Waals surface area contributed by atoms with Gasteiger partial charge in [0.2, 0.25) is 0 Å². The van der Waals surface area contributed by atoms with Gasteiger partial charge >= 0.3 is 0 Å². The highest BCUT2D eigenvalue weighted by atomic mass is 79.9. The molecule has 0 saturated heterocycles. The minimum Gasteiger partial charge on any atom is -0.444 e. The molecule has 0 aliphatic rings. The molecule has 0 fully saturated rings. The molecule has 0 aliphatic carbocycles. The van der Waals surface area contributed by atoms with Crippen molar-refractivity contribution in [3.63, 3.8) is 0 Å². The van der Waals surface area contributed by atoms with E-state index in [0.29, 0.717) is 12.4 Å². The second-order valence-corrected chi connectivity index (χ2v) is 3.91. The lowest BCUT2D eigenvalue weighted by atomic mass is 10.4. The topological polar surface area (TPSA) is 51.0 Å². The lowest BCUT2D eigenvalue weighted by Crippen LogP contribution is -1.98. The number of hydrogen-bond donors (Lipinski definition) is 1. The maximum atomic E-state index is 5.34. The van der Waals surface area contributed by atoms with Crippen LogP contribution in [0.5, 0.6) is 0 Å². The zero-order chi connectivity index (χ0) is 10.7. The van der Waals surface area contributed by atoms with Crippen molar-refractivity contribution in [1.29, 1.82) is 0 Å². The van der Waals surface area contributed by atoms with Gasteiger partial charge in [0, 0.05) is 19.3 Å². The number of aryl methyl sites for hydroxylation is 1. The van der Waals surface area contributed by atoms with E-state index in [4.69, 9.17) is 4.42 Å². The lowest BCUT2D eigenvalue weighted by Gasteiger charge is -2.05. The molecular weight excluding hydrogens is 258 g/mol. The van der Waals surface area contributed by atoms with Gasteiger partial charge in [-0.15, -0.1) is 0 Å². The molecule has 78 valence electrons. The maximum absolute atomic E-state index is 5.34. The van der Waals surface area contributed by atoms with E-state index >= 15 is 0 Å². The fraction of sp³-hybridized carbons (Fsp3) is 0.200. The molecule has 15 heavy (non-hydrogen) atoms. The van der Waals surface area contributed by atoms with Gasteiger partial charge in [-0.1, -0.05) is 0 Å². The largest absolute Gasteiger partial charge is 0.444 e. The lowest BCUT2D eigenvalue weighted by molar-refractivity contribution is 0.481. The van der Waals surface area contributed by atoms with E-state index in [1.165, 1.54) is 0 Å². The van der Waals surface area contributed by atoms with Crippen LogP contribution in [-0.2, 0) is 6.54 Å². The van der Waals surface area contributed by atoms with Gasteiger partial charge in [0.25, 0.3) is 0 Å². The van der Waals surface area contributed by atoms with Gasteiger partial charge in [0.1, 0.15) is 5.76 Å². The van der Waals surface area contributed by atoms with Gasteiger partial charge in [-0.3, -0.25) is 4.98 Å². The molecule has 0 saturated carbocycles. The first-order valence-electron chi connectivity index (χ1n) is 4.50. The van der Waals surface area contributed by atoms with Gasteiger partial charge < -0.3 is 9.73 Å². The molecule has 0 aromatic carbocycles. The highest BCUT2D eigenvalue weighted by Crippen LogP contribution is 2.20. The van der Waals surface area contributed by atoms with Crippen LogP contribution in [0, 0.1) is 6.92 Å². The molecule has 0 spiro atoms. The average Bonchev–Trinajstić information content (AvgIpc) is 2.63. The first-order valence-corrected chi connectivity index (χ1v) is 5.29. The van der Waals surface area contributed by atoms with Crippen LogP contribution in [0.25, 0.3) is 0 Å². The van der Waals surface area contributed by atoms with E-state index in [1.807, 2.05) is 13.0 Å². The van der Waals surface area contributed by atoms with Crippen LogP contribution in [0.15, 0.2) is 33.5 Å². The van der Waals surface area contributed by atoms with E-state index in [-0.39, 0.29) is 0 Å². The summed E-state index contributed by atoms with van der Waals surface area (Å²) in [5.41, 5.74) is 0.985. The molecule has 1 N–H and O–H groups in total. The number of rotatable bonds is 3. The van der Waals surface area contributed by atoms with E-state index < -0.39 is 0 Å². The Balaban J connectivity index is 2.02. The molecule has 0 atom stereocenters. The Bertz CT molecular complexity index is 455. The maximum Gasteiger partial charge on any atom is 0.191 e. The highest BCUT2D eigenvalue weighted by Gasteiger charge is 2.01. The van der Waals surface area contributed by atoms with E-state index in [2.05, 4.69) is 31.2 Å². The van der Waals surface area contributed by atoms with Crippen LogP contribution in [0.4, 0.5) is 5.69 Å². The Morgan fingerprint density at radius 2 is 2.33 bits per heavy atom. The molecule has 2 aromatic rings. The Kier molecular flexibility index (Phi) is 3.01. The van der Waals surface area contributed by atoms with Gasteiger partial charge in [-0.2, -0.15) is 0 Å².